The minimum atomic E-state index is -2.98. The van der Waals surface area contributed by atoms with Gasteiger partial charge < -0.3 is 10.6 Å². The molecule has 1 atom stereocenters. The summed E-state index contributed by atoms with van der Waals surface area (Å²) in [6, 6.07) is 6.97. The van der Waals surface area contributed by atoms with E-state index in [2.05, 4.69) is 31.4 Å². The van der Waals surface area contributed by atoms with Crippen LogP contribution in [0.3, 0.4) is 0 Å². The lowest BCUT2D eigenvalue weighted by atomic mass is 10.3. The molecule has 1 aliphatic rings. The maximum Gasteiger partial charge on any atom is 0.319 e. The van der Waals surface area contributed by atoms with E-state index in [1.807, 2.05) is 24.3 Å². The van der Waals surface area contributed by atoms with Crippen molar-refractivity contribution in [3.05, 3.63) is 24.3 Å². The molecule has 1 aromatic rings. The highest BCUT2D eigenvalue weighted by Crippen LogP contribution is 2.32. The Hall–Kier alpha value is -1.21. The molecule has 22 heavy (non-hydrogen) atoms. The Bertz CT molecular complexity index is 634. The fourth-order valence-corrected chi connectivity index (χ4v) is 4.87. The summed E-state index contributed by atoms with van der Waals surface area (Å²) in [6.07, 6.45) is 0.483. The summed E-state index contributed by atoms with van der Waals surface area (Å²) in [7, 11) is -2.98. The van der Waals surface area contributed by atoms with E-state index in [0.717, 1.165) is 4.90 Å². The Balaban J connectivity index is 1.87. The maximum atomic E-state index is 11.9. The zero-order valence-corrected chi connectivity index (χ0v) is 14.7. The maximum absolute atomic E-state index is 11.9. The Labute approximate surface area is 136 Å². The predicted octanol–water partition coefficient (Wildman–Crippen LogP) is 2.89. The zero-order chi connectivity index (χ0) is 16.4. The average molecular weight is 342 g/mol. The Morgan fingerprint density at radius 3 is 2.36 bits per heavy atom. The van der Waals surface area contributed by atoms with Gasteiger partial charge in [0, 0.05) is 21.4 Å². The number of carbonyl (C=O) groups excluding carboxylic acids is 1. The summed E-state index contributed by atoms with van der Waals surface area (Å²) in [4.78, 5) is 13.0. The highest BCUT2D eigenvalue weighted by atomic mass is 32.2. The van der Waals surface area contributed by atoms with Crippen molar-refractivity contribution in [2.75, 3.05) is 16.8 Å². The number of hydrogen-bond acceptors (Lipinski definition) is 4. The molecule has 1 fully saturated rings. The van der Waals surface area contributed by atoms with Crippen molar-refractivity contribution in [1.29, 1.82) is 0 Å². The summed E-state index contributed by atoms with van der Waals surface area (Å²) in [5.74, 6) is 0.179. The van der Waals surface area contributed by atoms with E-state index in [4.69, 9.17) is 0 Å². The van der Waals surface area contributed by atoms with Crippen LogP contribution in [-0.4, -0.2) is 36.7 Å². The second-order valence-electron chi connectivity index (χ2n) is 6.44. The fraction of sp³-hybridized carbons (Fsp3) is 0.533. The van der Waals surface area contributed by atoms with Gasteiger partial charge >= 0.3 is 6.03 Å². The molecule has 0 spiro atoms. The molecule has 0 unspecified atom stereocenters. The van der Waals surface area contributed by atoms with Crippen molar-refractivity contribution in [3.63, 3.8) is 0 Å². The minimum Gasteiger partial charge on any atom is -0.334 e. The quantitative estimate of drug-likeness (QED) is 0.828. The zero-order valence-electron chi connectivity index (χ0n) is 13.0. The third-order valence-corrected chi connectivity index (χ3v) is 5.99. The molecule has 0 radical (unpaired) electrons. The van der Waals surface area contributed by atoms with Crippen LogP contribution in [-0.2, 0) is 9.84 Å². The number of thioether (sulfide) groups is 1. The molecule has 5 nitrogen and oxygen atoms in total. The molecule has 7 heteroatoms. The smallest absolute Gasteiger partial charge is 0.319 e. The van der Waals surface area contributed by atoms with Gasteiger partial charge in [0.25, 0.3) is 0 Å². The van der Waals surface area contributed by atoms with Gasteiger partial charge in [0.1, 0.15) is 0 Å². The Morgan fingerprint density at radius 2 is 1.86 bits per heavy atom. The average Bonchev–Trinajstić information content (AvgIpc) is 2.69. The summed E-state index contributed by atoms with van der Waals surface area (Å²) in [5, 5.41) is 5.43. The van der Waals surface area contributed by atoms with Gasteiger partial charge in [0.05, 0.1) is 11.5 Å². The lowest BCUT2D eigenvalue weighted by molar-refractivity contribution is 0.249. The van der Waals surface area contributed by atoms with Crippen molar-refractivity contribution in [2.24, 2.45) is 0 Å². The number of amides is 2. The molecule has 0 bridgehead atoms. The van der Waals surface area contributed by atoms with E-state index in [9.17, 15) is 13.2 Å². The summed E-state index contributed by atoms with van der Waals surface area (Å²) in [6.45, 7) is 6.44. The van der Waals surface area contributed by atoms with Gasteiger partial charge in [0.15, 0.2) is 9.84 Å². The number of rotatable bonds is 3. The molecule has 2 N–H and O–H groups in total. The van der Waals surface area contributed by atoms with Crippen LogP contribution < -0.4 is 10.6 Å². The van der Waals surface area contributed by atoms with Crippen molar-refractivity contribution >= 4 is 33.3 Å². The van der Waals surface area contributed by atoms with Gasteiger partial charge in [-0.05, 0) is 30.7 Å². The molecule has 1 heterocycles. The lowest BCUT2D eigenvalue weighted by Gasteiger charge is -2.17. The van der Waals surface area contributed by atoms with E-state index in [0.29, 0.717) is 12.1 Å². The van der Waals surface area contributed by atoms with E-state index in [1.165, 1.54) is 0 Å². The van der Waals surface area contributed by atoms with E-state index < -0.39 is 9.84 Å². The van der Waals surface area contributed by atoms with Crippen molar-refractivity contribution in [3.8, 4) is 0 Å². The first-order valence-electron chi connectivity index (χ1n) is 7.20. The SMILES string of the molecule is CC(C)(C)Sc1ccc(NC(=O)N[C@@H]2CCS(=O)(=O)C2)cc1. The van der Waals surface area contributed by atoms with Crippen molar-refractivity contribution < 1.29 is 13.2 Å². The number of sulfone groups is 1. The Kier molecular flexibility index (Phi) is 5.07. The topological polar surface area (TPSA) is 75.3 Å². The number of hydrogen-bond donors (Lipinski definition) is 2. The van der Waals surface area contributed by atoms with Crippen LogP contribution in [0.5, 0.6) is 0 Å². The van der Waals surface area contributed by atoms with Gasteiger partial charge in [-0.3, -0.25) is 0 Å². The number of nitrogens with one attached hydrogen (secondary N) is 2. The van der Waals surface area contributed by atoms with Gasteiger partial charge in [-0.2, -0.15) is 0 Å². The molecule has 0 aliphatic carbocycles. The molecule has 2 rings (SSSR count). The number of anilines is 1. The van der Waals surface area contributed by atoms with Gasteiger partial charge in [-0.1, -0.05) is 20.8 Å². The molecule has 1 aliphatic heterocycles. The molecule has 1 aromatic carbocycles. The highest BCUT2D eigenvalue weighted by molar-refractivity contribution is 8.00. The van der Waals surface area contributed by atoms with Crippen LogP contribution >= 0.6 is 11.8 Å². The summed E-state index contributed by atoms with van der Waals surface area (Å²) >= 11 is 1.76. The van der Waals surface area contributed by atoms with Gasteiger partial charge in [-0.25, -0.2) is 13.2 Å². The second-order valence-corrected chi connectivity index (χ2v) is 10.6. The second kappa shape index (κ2) is 6.50. The monoisotopic (exact) mass is 342 g/mol. The first-order chi connectivity index (χ1) is 10.1. The minimum absolute atomic E-state index is 0.0293. The van der Waals surface area contributed by atoms with E-state index in [-0.39, 0.29) is 28.3 Å². The third kappa shape index (κ3) is 5.53. The standard InChI is InChI=1S/C15H22N2O3S2/c1-15(2,3)21-13-6-4-11(5-7-13)16-14(18)17-12-8-9-22(19,20)10-12/h4-7,12H,8-10H2,1-3H3,(H2,16,17,18)/t12-/m1/s1. The molecule has 2 amide bonds. The van der Waals surface area contributed by atoms with E-state index >= 15 is 0 Å². The molecule has 0 saturated carbocycles. The number of carbonyl (C=O) groups is 1. The third-order valence-electron chi connectivity index (χ3n) is 3.10. The van der Waals surface area contributed by atoms with Crippen LogP contribution in [0.15, 0.2) is 29.2 Å². The lowest BCUT2D eigenvalue weighted by Crippen LogP contribution is -2.38. The summed E-state index contributed by atoms with van der Waals surface area (Å²) < 4.78 is 22.9. The molecule has 122 valence electrons. The first-order valence-corrected chi connectivity index (χ1v) is 9.84. The predicted molar refractivity (Wildman–Crippen MR) is 91.3 cm³/mol. The van der Waals surface area contributed by atoms with Gasteiger partial charge in [-0.15, -0.1) is 11.8 Å². The Morgan fingerprint density at radius 1 is 1.23 bits per heavy atom. The normalized spacial score (nSPS) is 20.6. The van der Waals surface area contributed by atoms with Crippen molar-refractivity contribution in [1.82, 2.24) is 5.32 Å². The van der Waals surface area contributed by atoms with E-state index in [1.54, 1.807) is 11.8 Å². The molecular formula is C15H22N2O3S2. The number of urea groups is 1. The van der Waals surface area contributed by atoms with Crippen LogP contribution in [0.25, 0.3) is 0 Å². The van der Waals surface area contributed by atoms with Crippen LogP contribution in [0.1, 0.15) is 27.2 Å². The van der Waals surface area contributed by atoms with Crippen LogP contribution in [0.4, 0.5) is 10.5 Å². The molecule has 0 aromatic heterocycles. The fourth-order valence-electron chi connectivity index (χ4n) is 2.22. The largest absolute Gasteiger partial charge is 0.334 e. The first kappa shape index (κ1) is 17.1. The highest BCUT2D eigenvalue weighted by Gasteiger charge is 2.28. The van der Waals surface area contributed by atoms with Crippen molar-refractivity contribution in [2.45, 2.75) is 42.9 Å². The summed E-state index contributed by atoms with van der Waals surface area (Å²) in [5.41, 5.74) is 0.691. The number of benzene rings is 1. The van der Waals surface area contributed by atoms with Gasteiger partial charge in [0.2, 0.25) is 0 Å². The molecule has 1 saturated heterocycles. The molecular weight excluding hydrogens is 320 g/mol. The van der Waals surface area contributed by atoms with Crippen LogP contribution in [0, 0.1) is 0 Å². The van der Waals surface area contributed by atoms with Crippen LogP contribution in [0.2, 0.25) is 0 Å².